The molecule has 0 aromatic rings. The van der Waals surface area contributed by atoms with E-state index in [0.29, 0.717) is 0 Å². The number of nitrogens with zero attached hydrogens (tertiary/aromatic N) is 1. The van der Waals surface area contributed by atoms with E-state index < -0.39 is 0 Å². The Balaban J connectivity index is 2.00. The highest BCUT2D eigenvalue weighted by atomic mass is 15.1. The van der Waals surface area contributed by atoms with Gasteiger partial charge in [-0.25, -0.2) is 0 Å². The van der Waals surface area contributed by atoms with Crippen LogP contribution in [0.15, 0.2) is 0 Å². The summed E-state index contributed by atoms with van der Waals surface area (Å²) >= 11 is 0. The third-order valence-corrected chi connectivity index (χ3v) is 2.80. The van der Waals surface area contributed by atoms with Crippen molar-refractivity contribution in [1.82, 2.24) is 4.90 Å². The van der Waals surface area contributed by atoms with Crippen LogP contribution in [0.25, 0.3) is 0 Å². The minimum absolute atomic E-state index is 1.06. The molecule has 2 unspecified atom stereocenters. The Morgan fingerprint density at radius 1 is 1.38 bits per heavy atom. The van der Waals surface area contributed by atoms with Gasteiger partial charge < -0.3 is 4.90 Å². The van der Waals surface area contributed by atoms with Crippen molar-refractivity contribution in [3.63, 3.8) is 0 Å². The highest BCUT2D eigenvalue weighted by Gasteiger charge is 2.50. The molecule has 0 aromatic carbocycles. The number of fused-ring (bicyclic) bond motifs is 1. The van der Waals surface area contributed by atoms with Crippen LogP contribution >= 0.6 is 0 Å². The second kappa shape index (κ2) is 1.30. The molecule has 2 aliphatic rings. The summed E-state index contributed by atoms with van der Waals surface area (Å²) in [6.07, 6.45) is 0. The monoisotopic (exact) mass is 109 g/mol. The predicted molar refractivity (Wildman–Crippen MR) is 36.8 cm³/mol. The summed E-state index contributed by atoms with van der Waals surface area (Å²) in [5.41, 5.74) is 0. The quantitative estimate of drug-likeness (QED) is 0.382. The van der Waals surface area contributed by atoms with Gasteiger partial charge in [0, 0.05) is 13.1 Å². The van der Waals surface area contributed by atoms with Crippen molar-refractivity contribution < 1.29 is 0 Å². The lowest BCUT2D eigenvalue weighted by atomic mass is 9.97. The molecule has 0 bridgehead atoms. The van der Waals surface area contributed by atoms with Crippen molar-refractivity contribution in [1.29, 1.82) is 0 Å². The summed E-state index contributed by atoms with van der Waals surface area (Å²) < 4.78 is 0. The molecule has 1 aliphatic carbocycles. The van der Waals surface area contributed by atoms with Gasteiger partial charge in [-0.1, -0.05) is 5.82 Å². The van der Waals surface area contributed by atoms with E-state index in [1.807, 2.05) is 0 Å². The Labute approximate surface area is 51.5 Å². The summed E-state index contributed by atoms with van der Waals surface area (Å²) in [6.45, 7) is 2.73. The van der Waals surface area contributed by atoms with Crippen LogP contribution < -0.4 is 0 Å². The zero-order valence-corrected chi connectivity index (χ0v) is 5.59. The SMILES string of the molecule is BC1C2CN(C)CC12. The van der Waals surface area contributed by atoms with E-state index in [1.165, 1.54) is 13.1 Å². The topological polar surface area (TPSA) is 3.24 Å². The maximum atomic E-state index is 2.44. The zero-order valence-electron chi connectivity index (χ0n) is 5.59. The summed E-state index contributed by atoms with van der Waals surface area (Å²) in [4.78, 5) is 2.44. The fraction of sp³-hybridized carbons (Fsp3) is 1.00. The fourth-order valence-electron chi connectivity index (χ4n) is 2.03. The van der Waals surface area contributed by atoms with Gasteiger partial charge in [0.2, 0.25) is 0 Å². The Bertz CT molecular complexity index is 103. The Hall–Kier alpha value is 0.0249. The van der Waals surface area contributed by atoms with E-state index in [0.717, 1.165) is 17.7 Å². The molecular formula is C6H12BN. The third-order valence-electron chi connectivity index (χ3n) is 2.80. The van der Waals surface area contributed by atoms with Crippen molar-refractivity contribution in [2.75, 3.05) is 20.1 Å². The smallest absolute Gasteiger partial charge is 0.106 e. The fourth-order valence-corrected chi connectivity index (χ4v) is 2.03. The van der Waals surface area contributed by atoms with Crippen molar-refractivity contribution in [2.45, 2.75) is 5.82 Å². The van der Waals surface area contributed by atoms with Gasteiger partial charge >= 0.3 is 0 Å². The zero-order chi connectivity index (χ0) is 5.72. The van der Waals surface area contributed by atoms with Gasteiger partial charge in [-0.05, 0) is 18.9 Å². The van der Waals surface area contributed by atoms with Gasteiger partial charge in [0.25, 0.3) is 0 Å². The van der Waals surface area contributed by atoms with Crippen LogP contribution in [0.3, 0.4) is 0 Å². The van der Waals surface area contributed by atoms with Crippen LogP contribution in [0.2, 0.25) is 5.82 Å². The highest BCUT2D eigenvalue weighted by molar-refractivity contribution is 6.14. The molecule has 1 saturated heterocycles. The van der Waals surface area contributed by atoms with Crippen molar-refractivity contribution in [2.24, 2.45) is 11.8 Å². The molecule has 1 aliphatic heterocycles. The summed E-state index contributed by atoms with van der Waals surface area (Å²) in [5.74, 6) is 3.23. The molecule has 2 heteroatoms. The van der Waals surface area contributed by atoms with Gasteiger partial charge in [-0.2, -0.15) is 0 Å². The number of hydrogen-bond donors (Lipinski definition) is 0. The molecule has 0 amide bonds. The van der Waals surface area contributed by atoms with Crippen molar-refractivity contribution in [3.05, 3.63) is 0 Å². The van der Waals surface area contributed by atoms with Crippen LogP contribution in [0, 0.1) is 11.8 Å². The Morgan fingerprint density at radius 2 is 1.88 bits per heavy atom. The molecule has 8 heavy (non-hydrogen) atoms. The second-order valence-corrected chi connectivity index (χ2v) is 3.41. The Kier molecular flexibility index (Phi) is 0.788. The second-order valence-electron chi connectivity index (χ2n) is 3.41. The Morgan fingerprint density at radius 3 is 2.25 bits per heavy atom. The molecule has 2 atom stereocenters. The molecule has 0 spiro atoms. The van der Waals surface area contributed by atoms with E-state index in [4.69, 9.17) is 0 Å². The minimum Gasteiger partial charge on any atom is -0.306 e. The molecule has 1 saturated carbocycles. The maximum absolute atomic E-state index is 2.44. The first-order chi connectivity index (χ1) is 3.79. The molecule has 2 fully saturated rings. The van der Waals surface area contributed by atoms with E-state index >= 15 is 0 Å². The standard InChI is InChI=1S/C6H12BN/c1-8-2-4-5(3-8)6(4)7/h4-6H,2-3,7H2,1H3. The number of hydrogen-bond acceptors (Lipinski definition) is 1. The average Bonchev–Trinajstić information content (AvgIpc) is 2.29. The first kappa shape index (κ1) is 4.86. The first-order valence-electron chi connectivity index (χ1n) is 3.47. The van der Waals surface area contributed by atoms with Crippen LogP contribution in [-0.2, 0) is 0 Å². The molecule has 0 aromatic heterocycles. The number of likely N-dealkylation sites (tertiary alicyclic amines) is 1. The van der Waals surface area contributed by atoms with Crippen LogP contribution in [0.5, 0.6) is 0 Å². The summed E-state index contributed by atoms with van der Waals surface area (Å²) in [5, 5.41) is 0. The average molecular weight is 109 g/mol. The molecule has 1 heterocycles. The van der Waals surface area contributed by atoms with Crippen LogP contribution in [0.4, 0.5) is 0 Å². The van der Waals surface area contributed by atoms with Crippen LogP contribution in [0.1, 0.15) is 0 Å². The highest BCUT2D eigenvalue weighted by Crippen LogP contribution is 2.53. The van der Waals surface area contributed by atoms with Crippen LogP contribution in [-0.4, -0.2) is 32.9 Å². The van der Waals surface area contributed by atoms with E-state index in [1.54, 1.807) is 0 Å². The first-order valence-corrected chi connectivity index (χ1v) is 3.47. The lowest BCUT2D eigenvalue weighted by molar-refractivity contribution is 0.373. The van der Waals surface area contributed by atoms with Gasteiger partial charge in [-0.3, -0.25) is 0 Å². The van der Waals surface area contributed by atoms with Gasteiger partial charge in [0.1, 0.15) is 7.85 Å². The summed E-state index contributed by atoms with van der Waals surface area (Å²) in [6, 6.07) is 0. The van der Waals surface area contributed by atoms with Crippen molar-refractivity contribution in [3.8, 4) is 0 Å². The molecule has 0 radical (unpaired) electrons. The number of piperidine rings is 1. The summed E-state index contributed by atoms with van der Waals surface area (Å²) in [7, 11) is 4.60. The lowest BCUT2D eigenvalue weighted by Gasteiger charge is -2.09. The van der Waals surface area contributed by atoms with Gasteiger partial charge in [-0.15, -0.1) is 0 Å². The minimum atomic E-state index is 1.06. The molecule has 1 nitrogen and oxygen atoms in total. The van der Waals surface area contributed by atoms with Gasteiger partial charge in [0.05, 0.1) is 0 Å². The predicted octanol–water partition coefficient (Wildman–Crippen LogP) is -0.401. The lowest BCUT2D eigenvalue weighted by Crippen LogP contribution is -2.17. The molecule has 0 N–H and O–H groups in total. The number of rotatable bonds is 0. The van der Waals surface area contributed by atoms with E-state index in [-0.39, 0.29) is 0 Å². The van der Waals surface area contributed by atoms with Crippen molar-refractivity contribution >= 4 is 7.85 Å². The molecule has 44 valence electrons. The normalized spacial score (nSPS) is 53.9. The third kappa shape index (κ3) is 0.468. The largest absolute Gasteiger partial charge is 0.306 e. The molecule has 2 rings (SSSR count). The van der Waals surface area contributed by atoms with Gasteiger partial charge in [0.15, 0.2) is 0 Å². The maximum Gasteiger partial charge on any atom is 0.106 e. The van der Waals surface area contributed by atoms with E-state index in [2.05, 4.69) is 19.8 Å². The molecular weight excluding hydrogens is 96.9 g/mol. The van der Waals surface area contributed by atoms with E-state index in [9.17, 15) is 0 Å².